The van der Waals surface area contributed by atoms with Gasteiger partial charge in [0.05, 0.1) is 25.4 Å². The van der Waals surface area contributed by atoms with Crippen molar-refractivity contribution in [2.45, 2.75) is 82.6 Å². The van der Waals surface area contributed by atoms with Gasteiger partial charge in [0.25, 0.3) is 5.09 Å². The minimum atomic E-state index is -2.41. The average molecular weight is 643 g/mol. The molecular weight excluding hydrogens is 603 g/mol. The Morgan fingerprint density at radius 3 is 2.60 bits per heavy atom. The molecule has 0 heterocycles. The van der Waals surface area contributed by atoms with Crippen LogP contribution in [0.25, 0.3) is 0 Å². The van der Waals surface area contributed by atoms with Crippen LogP contribution in [0.1, 0.15) is 52.9 Å². The molecule has 0 spiro atoms. The first-order valence-corrected chi connectivity index (χ1v) is 14.7. The van der Waals surface area contributed by atoms with Gasteiger partial charge in [-0.05, 0) is 57.6 Å². The van der Waals surface area contributed by atoms with E-state index >= 15 is 4.39 Å². The average Bonchev–Trinajstić information content (AvgIpc) is 3.17. The van der Waals surface area contributed by atoms with Gasteiger partial charge in [-0.2, -0.15) is 0 Å². The van der Waals surface area contributed by atoms with Gasteiger partial charge in [0.15, 0.2) is 22.8 Å². The second kappa shape index (κ2) is 12.7. The lowest BCUT2D eigenvalue weighted by Gasteiger charge is -2.62. The van der Waals surface area contributed by atoms with Crippen LogP contribution in [0.5, 0.6) is 0 Å². The summed E-state index contributed by atoms with van der Waals surface area (Å²) in [5.74, 6) is -3.68. The van der Waals surface area contributed by atoms with Gasteiger partial charge in [0.2, 0.25) is 6.29 Å². The van der Waals surface area contributed by atoms with Gasteiger partial charge in [-0.15, -0.1) is 10.1 Å². The molecule has 0 aromatic carbocycles. The summed E-state index contributed by atoms with van der Waals surface area (Å²) in [4.78, 5) is 63.3. The van der Waals surface area contributed by atoms with Crippen molar-refractivity contribution in [3.8, 4) is 0 Å². The van der Waals surface area contributed by atoms with Crippen molar-refractivity contribution in [1.82, 2.24) is 5.32 Å². The van der Waals surface area contributed by atoms with Gasteiger partial charge < -0.3 is 39.7 Å². The molecule has 0 bridgehead atoms. The number of ether oxygens (including phenoxy) is 3. The normalized spacial score (nSPS) is 37.3. The van der Waals surface area contributed by atoms with Gasteiger partial charge in [0, 0.05) is 23.2 Å². The Balaban J connectivity index is 1.34. The lowest BCUT2D eigenvalue weighted by atomic mass is 9.44. The number of rotatable bonds is 12. The lowest BCUT2D eigenvalue weighted by molar-refractivity contribution is -0.757. The topological polar surface area (TPSA) is 221 Å². The Labute approximate surface area is 257 Å². The number of nitrogens with one attached hydrogen (secondary N) is 1. The molecule has 1 unspecified atom stereocenters. The first kappa shape index (κ1) is 34.4. The number of esters is 1. The second-order valence-electron chi connectivity index (χ2n) is 12.5. The van der Waals surface area contributed by atoms with Crippen LogP contribution in [-0.4, -0.2) is 100 Å². The van der Waals surface area contributed by atoms with Crippen molar-refractivity contribution < 1.29 is 63.0 Å². The van der Waals surface area contributed by atoms with E-state index in [9.17, 15) is 44.6 Å². The van der Waals surface area contributed by atoms with E-state index in [1.807, 2.05) is 0 Å². The number of carbonyl (C=O) groups is 4. The number of nitrogens with zero attached hydrogens (tertiary/aromatic N) is 1. The summed E-state index contributed by atoms with van der Waals surface area (Å²) in [6.07, 6.45) is -1.14. The highest BCUT2D eigenvalue weighted by Gasteiger charge is 2.76. The number of halogens is 1. The molecule has 4 N–H and O–H groups in total. The van der Waals surface area contributed by atoms with Crippen molar-refractivity contribution in [2.24, 2.45) is 22.7 Å². The quantitative estimate of drug-likeness (QED) is 0.0764. The smallest absolute Gasteiger partial charge is 0.407 e. The fraction of sp³-hybridized carbons (Fsp3) is 0.724. The van der Waals surface area contributed by atoms with Crippen LogP contribution >= 0.6 is 0 Å². The summed E-state index contributed by atoms with van der Waals surface area (Å²) in [6.45, 7) is 2.57. The third-order valence-electron chi connectivity index (χ3n) is 10.1. The zero-order valence-electron chi connectivity index (χ0n) is 25.2. The van der Waals surface area contributed by atoms with Gasteiger partial charge in [-0.3, -0.25) is 14.4 Å². The molecule has 15 nitrogen and oxygen atoms in total. The Bertz CT molecular complexity index is 1290. The zero-order chi connectivity index (χ0) is 33.4. The molecule has 4 aliphatic carbocycles. The number of hydrogen-bond acceptors (Lipinski definition) is 13. The van der Waals surface area contributed by atoms with Crippen molar-refractivity contribution in [3.05, 3.63) is 33.9 Å². The summed E-state index contributed by atoms with van der Waals surface area (Å²) in [7, 11) is 0. The van der Waals surface area contributed by atoms with Gasteiger partial charge in [-0.25, -0.2) is 9.18 Å². The molecule has 4 aliphatic rings. The SMILES string of the molecule is CC(OCC(=O)[C@@]1(O)[C@H](O)C[C@H]2[C@@H]3CCC4=CC(=O)C=C[C@]4(C)[C@@]3(F)[C@@H](O)C[C@@]21C)OC(=O)CNC(=O)OCCCO[N+](=O)[O-]. The fourth-order valence-electron chi connectivity index (χ4n) is 7.85. The predicted octanol–water partition coefficient (Wildman–Crippen LogP) is 0.859. The lowest BCUT2D eigenvalue weighted by Crippen LogP contribution is -2.69. The fourth-order valence-corrected chi connectivity index (χ4v) is 7.85. The van der Waals surface area contributed by atoms with Gasteiger partial charge >= 0.3 is 12.1 Å². The van der Waals surface area contributed by atoms with Gasteiger partial charge in [-0.1, -0.05) is 18.6 Å². The minimum Gasteiger partial charge on any atom is -0.449 e. The van der Waals surface area contributed by atoms with Crippen LogP contribution < -0.4 is 5.32 Å². The highest BCUT2D eigenvalue weighted by molar-refractivity contribution is 6.01. The third-order valence-corrected chi connectivity index (χ3v) is 10.1. The Morgan fingerprint density at radius 1 is 1.20 bits per heavy atom. The highest BCUT2D eigenvalue weighted by Crippen LogP contribution is 2.69. The molecule has 4 rings (SSSR count). The van der Waals surface area contributed by atoms with Gasteiger partial charge in [0.1, 0.15) is 13.2 Å². The van der Waals surface area contributed by atoms with Crippen LogP contribution in [-0.2, 0) is 33.4 Å². The Morgan fingerprint density at radius 2 is 1.91 bits per heavy atom. The first-order chi connectivity index (χ1) is 21.0. The maximum atomic E-state index is 17.2. The third kappa shape index (κ3) is 5.95. The van der Waals surface area contributed by atoms with E-state index in [-0.39, 0.29) is 44.7 Å². The minimum absolute atomic E-state index is 0.0457. The number of aliphatic hydroxyl groups excluding tert-OH is 2. The standard InChI is InChI=1S/C29H39FN2O13/c1-16(45-24(37)14-31-25(38)42-9-4-10-44-32(40)41)43-15-23(36)29(39)21(34)12-20-19-6-5-17-11-18(33)7-8-26(17,2)28(19,30)22(35)13-27(20,29)3/h7-8,11,16,19-22,34-35,39H,4-6,9-10,12-15H2,1-3H3,(H,31,38)/t16?,19-,20-,21+,22-,26-,27-,28-,29-/m0/s1. The summed E-state index contributed by atoms with van der Waals surface area (Å²) >= 11 is 0. The Kier molecular flexibility index (Phi) is 9.73. The first-order valence-electron chi connectivity index (χ1n) is 14.7. The predicted molar refractivity (Wildman–Crippen MR) is 148 cm³/mol. The van der Waals surface area contributed by atoms with Crippen molar-refractivity contribution >= 4 is 23.6 Å². The molecule has 0 radical (unpaired) electrons. The maximum Gasteiger partial charge on any atom is 0.407 e. The van der Waals surface area contributed by atoms with E-state index < -0.39 is 88.5 Å². The largest absolute Gasteiger partial charge is 0.449 e. The van der Waals surface area contributed by atoms with Crippen molar-refractivity contribution in [1.29, 1.82) is 0 Å². The molecule has 16 heteroatoms. The summed E-state index contributed by atoms with van der Waals surface area (Å²) < 4.78 is 32.3. The molecule has 0 aromatic rings. The van der Waals surface area contributed by atoms with Crippen LogP contribution in [0, 0.1) is 32.8 Å². The molecule has 9 atom stereocenters. The van der Waals surface area contributed by atoms with E-state index in [1.54, 1.807) is 13.8 Å². The zero-order valence-corrected chi connectivity index (χ0v) is 25.2. The molecule has 3 saturated carbocycles. The van der Waals surface area contributed by atoms with Crippen LogP contribution in [0.3, 0.4) is 0 Å². The van der Waals surface area contributed by atoms with Crippen molar-refractivity contribution in [2.75, 3.05) is 26.4 Å². The van der Waals surface area contributed by atoms with E-state index in [4.69, 9.17) is 14.2 Å². The van der Waals surface area contributed by atoms with E-state index in [2.05, 4.69) is 10.2 Å². The van der Waals surface area contributed by atoms with Crippen LogP contribution in [0.15, 0.2) is 23.8 Å². The maximum absolute atomic E-state index is 17.2. The number of ketones is 2. The van der Waals surface area contributed by atoms with E-state index in [0.29, 0.717) is 12.0 Å². The number of alkyl carbamates (subject to hydrolysis) is 1. The number of hydrogen-bond donors (Lipinski definition) is 4. The molecule has 250 valence electrons. The molecule has 45 heavy (non-hydrogen) atoms. The molecule has 3 fully saturated rings. The number of carbonyl (C=O) groups excluding carboxylic acids is 4. The molecule has 0 aromatic heterocycles. The number of amides is 1. The molecule has 1 amide bonds. The molecule has 0 aliphatic heterocycles. The van der Waals surface area contributed by atoms with Crippen LogP contribution in [0.2, 0.25) is 0 Å². The second-order valence-corrected chi connectivity index (χ2v) is 12.5. The number of aliphatic hydroxyl groups is 3. The summed E-state index contributed by atoms with van der Waals surface area (Å²) in [6, 6.07) is 0. The highest BCUT2D eigenvalue weighted by atomic mass is 19.1. The number of fused-ring (bicyclic) bond motifs is 5. The van der Waals surface area contributed by atoms with Crippen molar-refractivity contribution in [3.63, 3.8) is 0 Å². The Hall–Kier alpha value is -3.47. The van der Waals surface area contributed by atoms with Crippen LogP contribution in [0.4, 0.5) is 9.18 Å². The molecule has 0 saturated heterocycles. The number of alkyl halides is 1. The monoisotopic (exact) mass is 642 g/mol. The number of Topliss-reactive ketones (excluding diaryl/α,β-unsaturated/α-hetero) is 1. The summed E-state index contributed by atoms with van der Waals surface area (Å²) in [5.41, 5.74) is -6.75. The molecular formula is C29H39FN2O13. The number of allylic oxidation sites excluding steroid dienone is 4. The summed E-state index contributed by atoms with van der Waals surface area (Å²) in [5, 5.41) is 45.4. The van der Waals surface area contributed by atoms with E-state index in [1.165, 1.54) is 25.2 Å². The van der Waals surface area contributed by atoms with E-state index in [0.717, 1.165) is 0 Å².